The first-order valence-electron chi connectivity index (χ1n) is 5.98. The summed E-state index contributed by atoms with van der Waals surface area (Å²) < 4.78 is 0. The van der Waals surface area contributed by atoms with Crippen molar-refractivity contribution in [2.45, 2.75) is 32.8 Å². The van der Waals surface area contributed by atoms with Crippen molar-refractivity contribution in [3.63, 3.8) is 0 Å². The number of aliphatic hydroxyl groups is 1. The number of carbonyl (C=O) groups is 1. The second-order valence-electron chi connectivity index (χ2n) is 5.29. The lowest BCUT2D eigenvalue weighted by Crippen LogP contribution is -2.34. The Morgan fingerprint density at radius 2 is 2.12 bits per heavy atom. The van der Waals surface area contributed by atoms with Crippen LogP contribution >= 0.6 is 0 Å². The minimum atomic E-state index is -0.728. The summed E-state index contributed by atoms with van der Waals surface area (Å²) in [6.07, 6.45) is 0.656. The van der Waals surface area contributed by atoms with E-state index in [9.17, 15) is 9.90 Å². The summed E-state index contributed by atoms with van der Waals surface area (Å²) in [6.45, 7) is 6.82. The molecule has 1 N–H and O–H groups in total. The maximum Gasteiger partial charge on any atom is 0.254 e. The summed E-state index contributed by atoms with van der Waals surface area (Å²) in [7, 11) is 0. The van der Waals surface area contributed by atoms with Crippen molar-refractivity contribution in [1.29, 1.82) is 0 Å². The maximum absolute atomic E-state index is 12.3. The van der Waals surface area contributed by atoms with Crippen LogP contribution in [0.5, 0.6) is 0 Å². The van der Waals surface area contributed by atoms with E-state index in [4.69, 9.17) is 0 Å². The predicted octanol–water partition coefficient (Wildman–Crippen LogP) is 1.90. The van der Waals surface area contributed by atoms with E-state index in [1.807, 2.05) is 32.0 Å². The number of likely N-dealkylation sites (tertiary alicyclic amines) is 1. The van der Waals surface area contributed by atoms with Gasteiger partial charge in [0.15, 0.2) is 0 Å². The van der Waals surface area contributed by atoms with Gasteiger partial charge < -0.3 is 10.0 Å². The summed E-state index contributed by atoms with van der Waals surface area (Å²) in [5.41, 5.74) is 2.18. The van der Waals surface area contributed by atoms with Crippen LogP contribution in [0, 0.1) is 13.8 Å². The Kier molecular flexibility index (Phi) is 2.96. The number of amides is 1. The largest absolute Gasteiger partial charge is 0.388 e. The molecule has 2 rings (SSSR count). The molecule has 1 unspecified atom stereocenters. The topological polar surface area (TPSA) is 40.5 Å². The monoisotopic (exact) mass is 233 g/mol. The number of nitrogens with zero attached hydrogens (tertiary/aromatic N) is 1. The average molecular weight is 233 g/mol. The zero-order chi connectivity index (χ0) is 12.6. The third-order valence-electron chi connectivity index (χ3n) is 3.35. The molecule has 0 aliphatic carbocycles. The Morgan fingerprint density at radius 1 is 1.41 bits per heavy atom. The van der Waals surface area contributed by atoms with Crippen LogP contribution < -0.4 is 0 Å². The predicted molar refractivity (Wildman–Crippen MR) is 67.1 cm³/mol. The van der Waals surface area contributed by atoms with Gasteiger partial charge in [0.25, 0.3) is 5.91 Å². The normalized spacial score (nSPS) is 24.1. The number of benzene rings is 1. The molecule has 1 aliphatic heterocycles. The van der Waals surface area contributed by atoms with Gasteiger partial charge in [-0.1, -0.05) is 17.7 Å². The van der Waals surface area contributed by atoms with E-state index < -0.39 is 5.60 Å². The molecular weight excluding hydrogens is 214 g/mol. The quantitative estimate of drug-likeness (QED) is 0.804. The van der Waals surface area contributed by atoms with Gasteiger partial charge in [0.2, 0.25) is 0 Å². The molecule has 0 spiro atoms. The zero-order valence-corrected chi connectivity index (χ0v) is 10.7. The molecule has 1 heterocycles. The number of rotatable bonds is 1. The van der Waals surface area contributed by atoms with Gasteiger partial charge in [-0.25, -0.2) is 0 Å². The fourth-order valence-electron chi connectivity index (χ4n) is 2.34. The van der Waals surface area contributed by atoms with Gasteiger partial charge in [0.05, 0.1) is 5.60 Å². The summed E-state index contributed by atoms with van der Waals surface area (Å²) in [5.74, 6) is 0.0280. The molecular formula is C14H19NO2. The number of hydrogen-bond acceptors (Lipinski definition) is 2. The molecule has 1 aromatic rings. The molecule has 3 nitrogen and oxygen atoms in total. The van der Waals surface area contributed by atoms with Crippen LogP contribution in [0.4, 0.5) is 0 Å². The molecule has 1 saturated heterocycles. The SMILES string of the molecule is Cc1ccc(C(=O)N2CCC(C)(O)C2)c(C)c1. The summed E-state index contributed by atoms with van der Waals surface area (Å²) >= 11 is 0. The Balaban J connectivity index is 2.21. The first-order valence-corrected chi connectivity index (χ1v) is 5.98. The van der Waals surface area contributed by atoms with Gasteiger partial charge in [0.1, 0.15) is 0 Å². The van der Waals surface area contributed by atoms with Crippen LogP contribution in [0.3, 0.4) is 0 Å². The van der Waals surface area contributed by atoms with Crippen molar-refractivity contribution in [1.82, 2.24) is 4.90 Å². The van der Waals surface area contributed by atoms with Crippen LogP contribution in [0.1, 0.15) is 34.8 Å². The maximum atomic E-state index is 12.3. The molecule has 1 atom stereocenters. The molecule has 0 saturated carbocycles. The summed E-state index contributed by atoms with van der Waals surface area (Å²) in [4.78, 5) is 14.0. The van der Waals surface area contributed by atoms with E-state index in [-0.39, 0.29) is 5.91 Å². The van der Waals surface area contributed by atoms with E-state index >= 15 is 0 Å². The van der Waals surface area contributed by atoms with Crippen molar-refractivity contribution in [2.24, 2.45) is 0 Å². The van der Waals surface area contributed by atoms with Crippen LogP contribution in [0.15, 0.2) is 18.2 Å². The van der Waals surface area contributed by atoms with Crippen LogP contribution in [0.2, 0.25) is 0 Å². The van der Waals surface area contributed by atoms with Crippen molar-refractivity contribution in [3.8, 4) is 0 Å². The lowest BCUT2D eigenvalue weighted by atomic mass is 10.0. The highest BCUT2D eigenvalue weighted by Crippen LogP contribution is 2.23. The summed E-state index contributed by atoms with van der Waals surface area (Å²) in [6, 6.07) is 5.84. The molecule has 92 valence electrons. The van der Waals surface area contributed by atoms with Gasteiger partial charge in [-0.2, -0.15) is 0 Å². The van der Waals surface area contributed by atoms with Crippen molar-refractivity contribution in [3.05, 3.63) is 34.9 Å². The Hall–Kier alpha value is -1.35. The molecule has 1 fully saturated rings. The summed E-state index contributed by atoms with van der Waals surface area (Å²) in [5, 5.41) is 9.88. The molecule has 17 heavy (non-hydrogen) atoms. The Morgan fingerprint density at radius 3 is 2.65 bits per heavy atom. The molecule has 3 heteroatoms. The van der Waals surface area contributed by atoms with Crippen molar-refractivity contribution in [2.75, 3.05) is 13.1 Å². The lowest BCUT2D eigenvalue weighted by Gasteiger charge is -2.20. The lowest BCUT2D eigenvalue weighted by molar-refractivity contribution is 0.0571. The van der Waals surface area contributed by atoms with Crippen LogP contribution in [0.25, 0.3) is 0 Å². The van der Waals surface area contributed by atoms with Crippen molar-refractivity contribution >= 4 is 5.91 Å². The smallest absolute Gasteiger partial charge is 0.254 e. The zero-order valence-electron chi connectivity index (χ0n) is 10.7. The highest BCUT2D eigenvalue weighted by molar-refractivity contribution is 5.96. The molecule has 1 aromatic carbocycles. The van der Waals surface area contributed by atoms with Gasteiger partial charge in [-0.3, -0.25) is 4.79 Å². The first-order chi connectivity index (χ1) is 7.89. The molecule has 0 bridgehead atoms. The minimum Gasteiger partial charge on any atom is -0.388 e. The number of carbonyl (C=O) groups excluding carboxylic acids is 1. The fraction of sp³-hybridized carbons (Fsp3) is 0.500. The number of β-amino-alcohol motifs (C(OH)–C–C–N with tert-alkyl or cyclic N) is 1. The van der Waals surface area contributed by atoms with Gasteiger partial charge in [-0.05, 0) is 38.8 Å². The molecule has 0 radical (unpaired) electrons. The van der Waals surface area contributed by atoms with Crippen molar-refractivity contribution < 1.29 is 9.90 Å². The van der Waals surface area contributed by atoms with E-state index in [1.54, 1.807) is 11.8 Å². The van der Waals surface area contributed by atoms with E-state index in [0.29, 0.717) is 19.5 Å². The van der Waals surface area contributed by atoms with Gasteiger partial charge in [0, 0.05) is 18.7 Å². The highest BCUT2D eigenvalue weighted by atomic mass is 16.3. The number of aryl methyl sites for hydroxylation is 2. The van der Waals surface area contributed by atoms with E-state index in [1.165, 1.54) is 0 Å². The standard InChI is InChI=1S/C14H19NO2/c1-10-4-5-12(11(2)8-10)13(16)15-7-6-14(3,17)9-15/h4-5,8,17H,6-7,9H2,1-3H3. The molecule has 0 aromatic heterocycles. The highest BCUT2D eigenvalue weighted by Gasteiger charge is 2.34. The van der Waals surface area contributed by atoms with Gasteiger partial charge >= 0.3 is 0 Å². The Labute approximate surface area is 102 Å². The molecule has 1 amide bonds. The molecule has 1 aliphatic rings. The average Bonchev–Trinajstić information content (AvgIpc) is 2.58. The van der Waals surface area contributed by atoms with E-state index in [0.717, 1.165) is 16.7 Å². The van der Waals surface area contributed by atoms with E-state index in [2.05, 4.69) is 0 Å². The van der Waals surface area contributed by atoms with Gasteiger partial charge in [-0.15, -0.1) is 0 Å². The third kappa shape index (κ3) is 2.50. The minimum absolute atomic E-state index is 0.0280. The third-order valence-corrected chi connectivity index (χ3v) is 3.35. The van der Waals surface area contributed by atoms with Crippen LogP contribution in [-0.2, 0) is 0 Å². The van der Waals surface area contributed by atoms with Crippen LogP contribution in [-0.4, -0.2) is 34.6 Å². The first kappa shape index (κ1) is 12.1. The Bertz CT molecular complexity index is 452. The number of hydrogen-bond donors (Lipinski definition) is 1. The second kappa shape index (κ2) is 4.15. The fourth-order valence-corrected chi connectivity index (χ4v) is 2.34. The second-order valence-corrected chi connectivity index (χ2v) is 5.29.